The van der Waals surface area contributed by atoms with Crippen LogP contribution in [0.4, 0.5) is 0 Å². The highest BCUT2D eigenvalue weighted by Crippen LogP contribution is 2.14. The van der Waals surface area contributed by atoms with Gasteiger partial charge in [0.05, 0.1) is 5.60 Å². The maximum Gasteiger partial charge on any atom is 0.227 e. The molecule has 0 unspecified atom stereocenters. The van der Waals surface area contributed by atoms with Gasteiger partial charge in [-0.25, -0.2) is 0 Å². The van der Waals surface area contributed by atoms with Crippen LogP contribution in [-0.4, -0.2) is 50.2 Å². The van der Waals surface area contributed by atoms with Crippen molar-refractivity contribution in [2.75, 3.05) is 13.6 Å². The van der Waals surface area contributed by atoms with E-state index in [9.17, 15) is 9.90 Å². The molecule has 7 nitrogen and oxygen atoms in total. The summed E-state index contributed by atoms with van der Waals surface area (Å²) in [5.41, 5.74) is -0.148. The van der Waals surface area contributed by atoms with Crippen LogP contribution in [0.5, 0.6) is 0 Å². The predicted octanol–water partition coefficient (Wildman–Crippen LogP) is 1.29. The van der Waals surface area contributed by atoms with Crippen molar-refractivity contribution in [3.05, 3.63) is 30.4 Å². The minimum absolute atomic E-state index is 0.0803. The first kappa shape index (κ1) is 16.1. The molecule has 2 rings (SSSR count). The van der Waals surface area contributed by atoms with Gasteiger partial charge in [-0.2, -0.15) is 4.98 Å². The van der Waals surface area contributed by atoms with E-state index in [0.29, 0.717) is 18.1 Å². The van der Waals surface area contributed by atoms with Crippen molar-refractivity contribution < 1.29 is 14.4 Å². The molecule has 0 spiro atoms. The number of pyridine rings is 1. The molecule has 118 valence electrons. The minimum atomic E-state index is -0.914. The molecule has 2 aromatic rings. The van der Waals surface area contributed by atoms with Gasteiger partial charge in [-0.05, 0) is 26.0 Å². The summed E-state index contributed by atoms with van der Waals surface area (Å²) in [7, 11) is 1.66. The first-order valence-corrected chi connectivity index (χ1v) is 7.04. The van der Waals surface area contributed by atoms with Gasteiger partial charge in [-0.15, -0.1) is 0 Å². The monoisotopic (exact) mass is 304 g/mol. The fourth-order valence-corrected chi connectivity index (χ4v) is 2.04. The van der Waals surface area contributed by atoms with Crippen LogP contribution in [0.15, 0.2) is 29.0 Å². The van der Waals surface area contributed by atoms with E-state index in [1.807, 2.05) is 6.07 Å². The lowest BCUT2D eigenvalue weighted by molar-refractivity contribution is -0.132. The van der Waals surface area contributed by atoms with E-state index in [1.165, 1.54) is 4.90 Å². The molecule has 0 saturated heterocycles. The van der Waals surface area contributed by atoms with E-state index in [-0.39, 0.29) is 18.9 Å². The van der Waals surface area contributed by atoms with Crippen molar-refractivity contribution in [1.82, 2.24) is 20.0 Å². The first-order valence-electron chi connectivity index (χ1n) is 7.04. The summed E-state index contributed by atoms with van der Waals surface area (Å²) in [5.74, 6) is 0.785. The van der Waals surface area contributed by atoms with E-state index in [1.54, 1.807) is 39.4 Å². The van der Waals surface area contributed by atoms with Gasteiger partial charge in [0.25, 0.3) is 0 Å². The molecular weight excluding hydrogens is 284 g/mol. The topological polar surface area (TPSA) is 92.3 Å². The summed E-state index contributed by atoms with van der Waals surface area (Å²) in [6.45, 7) is 3.60. The third kappa shape index (κ3) is 4.63. The zero-order chi connectivity index (χ0) is 16.2. The maximum atomic E-state index is 12.0. The summed E-state index contributed by atoms with van der Waals surface area (Å²) in [6, 6.07) is 3.63. The molecule has 0 saturated carbocycles. The maximum absolute atomic E-state index is 12.0. The highest BCUT2D eigenvalue weighted by Gasteiger charge is 2.20. The number of carbonyl (C=O) groups is 1. The van der Waals surface area contributed by atoms with Crippen LogP contribution in [0.25, 0.3) is 11.4 Å². The Morgan fingerprint density at radius 2 is 2.23 bits per heavy atom. The molecule has 0 fully saturated rings. The molecule has 0 aliphatic carbocycles. The largest absolute Gasteiger partial charge is 0.389 e. The number of hydrogen-bond acceptors (Lipinski definition) is 6. The van der Waals surface area contributed by atoms with Crippen LogP contribution in [0.1, 0.15) is 26.2 Å². The van der Waals surface area contributed by atoms with Crippen molar-refractivity contribution in [2.45, 2.75) is 32.3 Å². The van der Waals surface area contributed by atoms with Crippen LogP contribution in [0.2, 0.25) is 0 Å². The molecule has 0 aliphatic heterocycles. The van der Waals surface area contributed by atoms with Crippen molar-refractivity contribution in [2.24, 2.45) is 0 Å². The Morgan fingerprint density at radius 1 is 1.45 bits per heavy atom. The van der Waals surface area contributed by atoms with E-state index in [2.05, 4.69) is 15.1 Å². The Labute approximate surface area is 129 Å². The van der Waals surface area contributed by atoms with Crippen molar-refractivity contribution >= 4 is 5.91 Å². The summed E-state index contributed by atoms with van der Waals surface area (Å²) >= 11 is 0. The van der Waals surface area contributed by atoms with E-state index in [4.69, 9.17) is 4.52 Å². The van der Waals surface area contributed by atoms with Gasteiger partial charge < -0.3 is 14.5 Å². The van der Waals surface area contributed by atoms with Crippen molar-refractivity contribution in [3.63, 3.8) is 0 Å². The van der Waals surface area contributed by atoms with Crippen LogP contribution >= 0.6 is 0 Å². The Kier molecular flexibility index (Phi) is 4.87. The van der Waals surface area contributed by atoms with E-state index in [0.717, 1.165) is 5.56 Å². The van der Waals surface area contributed by atoms with Gasteiger partial charge in [-0.1, -0.05) is 5.16 Å². The Morgan fingerprint density at radius 3 is 2.86 bits per heavy atom. The zero-order valence-corrected chi connectivity index (χ0v) is 13.0. The predicted molar refractivity (Wildman–Crippen MR) is 79.8 cm³/mol. The normalized spacial score (nSPS) is 11.5. The fourth-order valence-electron chi connectivity index (χ4n) is 2.04. The number of carbonyl (C=O) groups excluding carboxylic acids is 1. The van der Waals surface area contributed by atoms with E-state index >= 15 is 0 Å². The number of aryl methyl sites for hydroxylation is 1. The average molecular weight is 304 g/mol. The highest BCUT2D eigenvalue weighted by molar-refractivity contribution is 5.76. The number of nitrogens with zero attached hydrogens (tertiary/aromatic N) is 4. The minimum Gasteiger partial charge on any atom is -0.389 e. The lowest BCUT2D eigenvalue weighted by Crippen LogP contribution is -2.39. The second kappa shape index (κ2) is 6.65. The van der Waals surface area contributed by atoms with Gasteiger partial charge in [-0.3, -0.25) is 9.78 Å². The summed E-state index contributed by atoms with van der Waals surface area (Å²) in [5, 5.41) is 13.6. The van der Waals surface area contributed by atoms with Gasteiger partial charge in [0.2, 0.25) is 17.6 Å². The molecule has 1 amide bonds. The number of rotatable bonds is 6. The van der Waals surface area contributed by atoms with Crippen molar-refractivity contribution in [1.29, 1.82) is 0 Å². The molecule has 7 heteroatoms. The van der Waals surface area contributed by atoms with E-state index < -0.39 is 5.60 Å². The molecule has 2 heterocycles. The Hall–Kier alpha value is -2.28. The molecule has 1 N–H and O–H groups in total. The second-order valence-corrected chi connectivity index (χ2v) is 5.82. The molecule has 0 aromatic carbocycles. The summed E-state index contributed by atoms with van der Waals surface area (Å²) in [6.07, 6.45) is 3.93. The first-order chi connectivity index (χ1) is 10.3. The SMILES string of the molecule is CN(CC(C)(C)O)C(=O)CCc1nc(-c2cccnc2)no1. The number of aromatic nitrogens is 3. The summed E-state index contributed by atoms with van der Waals surface area (Å²) < 4.78 is 5.14. The number of aliphatic hydroxyl groups is 1. The third-order valence-corrected chi connectivity index (χ3v) is 2.99. The quantitative estimate of drug-likeness (QED) is 0.864. The van der Waals surface area contributed by atoms with Crippen LogP contribution in [0, 0.1) is 0 Å². The molecule has 22 heavy (non-hydrogen) atoms. The number of hydrogen-bond donors (Lipinski definition) is 1. The lowest BCUT2D eigenvalue weighted by atomic mass is 10.1. The molecule has 0 aliphatic rings. The fraction of sp³-hybridized carbons (Fsp3) is 0.467. The Bertz CT molecular complexity index is 619. The molecular formula is C15H20N4O3. The number of amides is 1. The van der Waals surface area contributed by atoms with Crippen LogP contribution < -0.4 is 0 Å². The molecule has 2 aromatic heterocycles. The molecule has 0 radical (unpaired) electrons. The van der Waals surface area contributed by atoms with Gasteiger partial charge in [0.15, 0.2) is 0 Å². The third-order valence-electron chi connectivity index (χ3n) is 2.99. The van der Waals surface area contributed by atoms with Crippen molar-refractivity contribution in [3.8, 4) is 11.4 Å². The average Bonchev–Trinajstić information content (AvgIpc) is 2.92. The van der Waals surface area contributed by atoms with Crippen LogP contribution in [0.3, 0.4) is 0 Å². The Balaban J connectivity index is 1.90. The second-order valence-electron chi connectivity index (χ2n) is 5.82. The number of likely N-dealkylation sites (N-methyl/N-ethyl adjacent to an activating group) is 1. The standard InChI is InChI=1S/C15H20N4O3/c1-15(2,21)10-19(3)13(20)7-6-12-17-14(18-22-12)11-5-4-8-16-9-11/h4-5,8-9,21H,6-7,10H2,1-3H3. The highest BCUT2D eigenvalue weighted by atomic mass is 16.5. The van der Waals surface area contributed by atoms with Crippen LogP contribution in [-0.2, 0) is 11.2 Å². The smallest absolute Gasteiger partial charge is 0.227 e. The summed E-state index contributed by atoms with van der Waals surface area (Å²) in [4.78, 5) is 21.7. The lowest BCUT2D eigenvalue weighted by Gasteiger charge is -2.25. The zero-order valence-electron chi connectivity index (χ0n) is 13.0. The van der Waals surface area contributed by atoms with Gasteiger partial charge >= 0.3 is 0 Å². The van der Waals surface area contributed by atoms with Gasteiger partial charge in [0, 0.05) is 44.4 Å². The molecule has 0 atom stereocenters. The molecule has 0 bridgehead atoms. The van der Waals surface area contributed by atoms with Gasteiger partial charge in [0.1, 0.15) is 0 Å².